The molecule has 0 saturated carbocycles. The Morgan fingerprint density at radius 1 is 1.16 bits per heavy atom. The van der Waals surface area contributed by atoms with Crippen molar-refractivity contribution in [2.24, 2.45) is 5.92 Å². The van der Waals surface area contributed by atoms with Crippen LogP contribution in [0.3, 0.4) is 0 Å². The molecule has 1 aliphatic rings. The monoisotopic (exact) mass is 260 g/mol. The molecule has 0 bridgehead atoms. The second-order valence-electron chi connectivity index (χ2n) is 6.98. The molecule has 0 saturated heterocycles. The Morgan fingerprint density at radius 2 is 1.74 bits per heavy atom. The highest BCUT2D eigenvalue weighted by Gasteiger charge is 2.21. The minimum atomic E-state index is 0.208. The van der Waals surface area contributed by atoms with E-state index >= 15 is 0 Å². The lowest BCUT2D eigenvalue weighted by Gasteiger charge is -2.24. The molecule has 0 aromatic heterocycles. The van der Waals surface area contributed by atoms with Crippen LogP contribution in [-0.4, -0.2) is 24.7 Å². The van der Waals surface area contributed by atoms with Gasteiger partial charge in [0.15, 0.2) is 0 Å². The van der Waals surface area contributed by atoms with Crippen LogP contribution in [0.1, 0.15) is 38.8 Å². The van der Waals surface area contributed by atoms with Crippen molar-refractivity contribution in [1.29, 1.82) is 0 Å². The van der Waals surface area contributed by atoms with Crippen molar-refractivity contribution in [2.45, 2.75) is 52.1 Å². The van der Waals surface area contributed by atoms with E-state index in [-0.39, 0.29) is 5.54 Å². The van der Waals surface area contributed by atoms with Gasteiger partial charge in [0.2, 0.25) is 0 Å². The third-order valence-corrected chi connectivity index (χ3v) is 3.83. The summed E-state index contributed by atoms with van der Waals surface area (Å²) >= 11 is 0. The molecule has 1 aromatic rings. The first-order chi connectivity index (χ1) is 8.94. The Hall–Kier alpha value is -0.860. The third kappa shape index (κ3) is 4.63. The van der Waals surface area contributed by atoms with Gasteiger partial charge < -0.3 is 10.6 Å². The second-order valence-corrected chi connectivity index (χ2v) is 6.98. The van der Waals surface area contributed by atoms with Crippen LogP contribution >= 0.6 is 0 Å². The van der Waals surface area contributed by atoms with Crippen molar-refractivity contribution in [3.63, 3.8) is 0 Å². The van der Waals surface area contributed by atoms with Gasteiger partial charge in [0.05, 0.1) is 0 Å². The number of hydrogen-bond acceptors (Lipinski definition) is 2. The first-order valence-electron chi connectivity index (χ1n) is 7.49. The van der Waals surface area contributed by atoms with Crippen molar-refractivity contribution in [2.75, 3.05) is 13.1 Å². The van der Waals surface area contributed by atoms with E-state index in [0.717, 1.165) is 19.0 Å². The van der Waals surface area contributed by atoms with Gasteiger partial charge in [-0.15, -0.1) is 0 Å². The van der Waals surface area contributed by atoms with E-state index in [0.29, 0.717) is 6.04 Å². The summed E-state index contributed by atoms with van der Waals surface area (Å²) in [5, 5.41) is 7.22. The molecule has 2 heteroatoms. The molecule has 0 heterocycles. The summed E-state index contributed by atoms with van der Waals surface area (Å²) in [6.07, 6.45) is 2.48. The minimum Gasteiger partial charge on any atom is -0.313 e. The molecule has 0 amide bonds. The SMILES string of the molecule is CC(CNC(C)(C)C)NCC1Cc2ccccc2C1. The number of rotatable bonds is 5. The van der Waals surface area contributed by atoms with Gasteiger partial charge in [-0.1, -0.05) is 24.3 Å². The van der Waals surface area contributed by atoms with Crippen LogP contribution in [-0.2, 0) is 12.8 Å². The smallest absolute Gasteiger partial charge is 0.0164 e. The summed E-state index contributed by atoms with van der Waals surface area (Å²) in [5.74, 6) is 0.773. The summed E-state index contributed by atoms with van der Waals surface area (Å²) in [4.78, 5) is 0. The molecule has 2 rings (SSSR count). The molecule has 0 fully saturated rings. The lowest BCUT2D eigenvalue weighted by Crippen LogP contribution is -2.45. The Morgan fingerprint density at radius 3 is 2.26 bits per heavy atom. The van der Waals surface area contributed by atoms with Crippen LogP contribution in [0.4, 0.5) is 0 Å². The van der Waals surface area contributed by atoms with Gasteiger partial charge in [0.25, 0.3) is 0 Å². The molecule has 0 aliphatic heterocycles. The fourth-order valence-electron chi connectivity index (χ4n) is 2.69. The van der Waals surface area contributed by atoms with E-state index in [1.165, 1.54) is 12.8 Å². The van der Waals surface area contributed by atoms with Gasteiger partial charge in [-0.3, -0.25) is 0 Å². The molecule has 0 spiro atoms. The Balaban J connectivity index is 1.70. The zero-order valence-corrected chi connectivity index (χ0v) is 12.8. The molecular weight excluding hydrogens is 232 g/mol. The molecule has 1 atom stereocenters. The maximum absolute atomic E-state index is 3.67. The maximum Gasteiger partial charge on any atom is 0.0164 e. The standard InChI is InChI=1S/C17H28N2/c1-13(11-19-17(2,3)4)18-12-14-9-15-7-5-6-8-16(15)10-14/h5-8,13-14,18-19H,9-12H2,1-4H3. The number of nitrogens with one attached hydrogen (secondary N) is 2. The Bertz CT molecular complexity index is 381. The van der Waals surface area contributed by atoms with Crippen LogP contribution in [0.25, 0.3) is 0 Å². The highest BCUT2D eigenvalue weighted by molar-refractivity contribution is 5.32. The zero-order chi connectivity index (χ0) is 13.9. The molecule has 1 unspecified atom stereocenters. The van der Waals surface area contributed by atoms with E-state index in [2.05, 4.69) is 62.6 Å². The molecular formula is C17H28N2. The Kier molecular flexibility index (Phi) is 4.64. The average molecular weight is 260 g/mol. The van der Waals surface area contributed by atoms with Gasteiger partial charge in [-0.05, 0) is 64.1 Å². The van der Waals surface area contributed by atoms with E-state index in [9.17, 15) is 0 Å². The van der Waals surface area contributed by atoms with Crippen LogP contribution < -0.4 is 10.6 Å². The van der Waals surface area contributed by atoms with Crippen molar-refractivity contribution in [3.05, 3.63) is 35.4 Å². The topological polar surface area (TPSA) is 24.1 Å². The van der Waals surface area contributed by atoms with Gasteiger partial charge >= 0.3 is 0 Å². The molecule has 1 aliphatic carbocycles. The first kappa shape index (κ1) is 14.5. The predicted molar refractivity (Wildman–Crippen MR) is 82.6 cm³/mol. The van der Waals surface area contributed by atoms with Gasteiger partial charge in [0, 0.05) is 18.1 Å². The molecule has 19 heavy (non-hydrogen) atoms. The molecule has 0 radical (unpaired) electrons. The fraction of sp³-hybridized carbons (Fsp3) is 0.647. The molecule has 2 N–H and O–H groups in total. The zero-order valence-electron chi connectivity index (χ0n) is 12.8. The lowest BCUT2D eigenvalue weighted by molar-refractivity contribution is 0.373. The van der Waals surface area contributed by atoms with E-state index < -0.39 is 0 Å². The van der Waals surface area contributed by atoms with Crippen molar-refractivity contribution in [1.82, 2.24) is 10.6 Å². The predicted octanol–water partition coefficient (Wildman–Crippen LogP) is 2.77. The molecule has 106 valence electrons. The normalized spacial score (nSPS) is 17.5. The largest absolute Gasteiger partial charge is 0.313 e. The van der Waals surface area contributed by atoms with E-state index in [1.807, 2.05) is 0 Å². The number of benzene rings is 1. The van der Waals surface area contributed by atoms with Crippen LogP contribution in [0, 0.1) is 5.92 Å². The van der Waals surface area contributed by atoms with E-state index in [4.69, 9.17) is 0 Å². The summed E-state index contributed by atoms with van der Waals surface area (Å²) < 4.78 is 0. The highest BCUT2D eigenvalue weighted by atomic mass is 15.0. The van der Waals surface area contributed by atoms with Crippen molar-refractivity contribution in [3.8, 4) is 0 Å². The van der Waals surface area contributed by atoms with Crippen molar-refractivity contribution < 1.29 is 0 Å². The number of fused-ring (bicyclic) bond motifs is 1. The molecule has 1 aromatic carbocycles. The van der Waals surface area contributed by atoms with Gasteiger partial charge in [0.1, 0.15) is 0 Å². The second kappa shape index (κ2) is 6.06. The summed E-state index contributed by atoms with van der Waals surface area (Å²) in [5.41, 5.74) is 3.31. The first-order valence-corrected chi connectivity index (χ1v) is 7.49. The van der Waals surface area contributed by atoms with Gasteiger partial charge in [-0.2, -0.15) is 0 Å². The average Bonchev–Trinajstić information content (AvgIpc) is 2.75. The Labute approximate surface area is 118 Å². The highest BCUT2D eigenvalue weighted by Crippen LogP contribution is 2.25. The van der Waals surface area contributed by atoms with Crippen LogP contribution in [0.15, 0.2) is 24.3 Å². The maximum atomic E-state index is 3.67. The van der Waals surface area contributed by atoms with E-state index in [1.54, 1.807) is 11.1 Å². The van der Waals surface area contributed by atoms with Crippen LogP contribution in [0.5, 0.6) is 0 Å². The fourth-order valence-corrected chi connectivity index (χ4v) is 2.69. The lowest BCUT2D eigenvalue weighted by atomic mass is 10.1. The minimum absolute atomic E-state index is 0.208. The van der Waals surface area contributed by atoms with Crippen molar-refractivity contribution >= 4 is 0 Å². The number of hydrogen-bond donors (Lipinski definition) is 2. The van der Waals surface area contributed by atoms with Gasteiger partial charge in [-0.25, -0.2) is 0 Å². The quantitative estimate of drug-likeness (QED) is 0.850. The van der Waals surface area contributed by atoms with Crippen LogP contribution in [0.2, 0.25) is 0 Å². The summed E-state index contributed by atoms with van der Waals surface area (Å²) in [6.45, 7) is 11.1. The summed E-state index contributed by atoms with van der Waals surface area (Å²) in [7, 11) is 0. The third-order valence-electron chi connectivity index (χ3n) is 3.83. The summed E-state index contributed by atoms with van der Waals surface area (Å²) in [6, 6.07) is 9.40. The molecule has 2 nitrogen and oxygen atoms in total.